The van der Waals surface area contributed by atoms with Crippen molar-refractivity contribution < 1.29 is 4.74 Å². The average Bonchev–Trinajstić information content (AvgIpc) is 2.69. The first-order chi connectivity index (χ1) is 7.33. The number of nitrogens with one attached hydrogen (secondary N) is 1. The molecule has 0 fully saturated rings. The van der Waals surface area contributed by atoms with E-state index in [1.807, 2.05) is 12.1 Å². The van der Waals surface area contributed by atoms with Crippen LogP contribution in [0.15, 0.2) is 24.3 Å². The number of rotatable bonds is 3. The van der Waals surface area contributed by atoms with Crippen LogP contribution in [0.2, 0.25) is 0 Å². The highest BCUT2D eigenvalue weighted by atomic mass is 16.5. The minimum atomic E-state index is 0.352. The van der Waals surface area contributed by atoms with Gasteiger partial charge in [-0.05, 0) is 13.0 Å². The normalized spacial score (nSPS) is 20.1. The van der Waals surface area contributed by atoms with Gasteiger partial charge in [-0.1, -0.05) is 24.1 Å². The minimum Gasteiger partial charge on any atom is -0.493 e. The largest absolute Gasteiger partial charge is 0.493 e. The fourth-order valence-electron chi connectivity index (χ4n) is 1.96. The number of para-hydroxylation sites is 1. The van der Waals surface area contributed by atoms with Gasteiger partial charge in [0.25, 0.3) is 0 Å². The van der Waals surface area contributed by atoms with E-state index in [1.165, 1.54) is 5.56 Å². The van der Waals surface area contributed by atoms with E-state index in [0.717, 1.165) is 12.4 Å². The summed E-state index contributed by atoms with van der Waals surface area (Å²) in [5.74, 6) is 4.02. The monoisotopic (exact) mass is 201 g/mol. The topological polar surface area (TPSA) is 21.3 Å². The quantitative estimate of drug-likeness (QED) is 0.753. The maximum absolute atomic E-state index is 5.62. The molecular formula is C13H15NO. The van der Waals surface area contributed by atoms with Gasteiger partial charge >= 0.3 is 0 Å². The number of terminal acetylenes is 1. The van der Waals surface area contributed by atoms with Crippen molar-refractivity contribution in [2.75, 3.05) is 13.2 Å². The van der Waals surface area contributed by atoms with Gasteiger partial charge in [-0.15, -0.1) is 6.42 Å². The third-order valence-corrected chi connectivity index (χ3v) is 2.87. The molecule has 1 aliphatic heterocycles. The van der Waals surface area contributed by atoms with Crippen molar-refractivity contribution in [2.45, 2.75) is 18.9 Å². The molecule has 0 amide bonds. The van der Waals surface area contributed by atoms with E-state index in [-0.39, 0.29) is 0 Å². The minimum absolute atomic E-state index is 0.352. The lowest BCUT2D eigenvalue weighted by atomic mass is 9.94. The fraction of sp³-hybridized carbons (Fsp3) is 0.385. The van der Waals surface area contributed by atoms with Crippen LogP contribution in [-0.2, 0) is 0 Å². The van der Waals surface area contributed by atoms with Gasteiger partial charge in [0.1, 0.15) is 5.75 Å². The maximum atomic E-state index is 5.62. The second kappa shape index (κ2) is 4.37. The van der Waals surface area contributed by atoms with Crippen LogP contribution in [0.3, 0.4) is 0 Å². The summed E-state index contributed by atoms with van der Waals surface area (Å²) >= 11 is 0. The van der Waals surface area contributed by atoms with Crippen LogP contribution < -0.4 is 10.1 Å². The van der Waals surface area contributed by atoms with Gasteiger partial charge < -0.3 is 10.1 Å². The molecule has 0 saturated heterocycles. The van der Waals surface area contributed by atoms with E-state index in [4.69, 9.17) is 11.2 Å². The summed E-state index contributed by atoms with van der Waals surface area (Å²) in [5.41, 5.74) is 1.29. The zero-order valence-electron chi connectivity index (χ0n) is 8.86. The highest BCUT2D eigenvalue weighted by Crippen LogP contribution is 2.35. The van der Waals surface area contributed by atoms with E-state index < -0.39 is 0 Å². The molecule has 1 heterocycles. The Kier molecular flexibility index (Phi) is 2.94. The van der Waals surface area contributed by atoms with Gasteiger partial charge in [0.2, 0.25) is 0 Å². The van der Waals surface area contributed by atoms with Crippen molar-refractivity contribution in [1.82, 2.24) is 5.32 Å². The van der Waals surface area contributed by atoms with E-state index in [2.05, 4.69) is 30.3 Å². The summed E-state index contributed by atoms with van der Waals surface area (Å²) in [4.78, 5) is 0. The molecule has 2 atom stereocenters. The smallest absolute Gasteiger partial charge is 0.122 e. The molecule has 1 aliphatic rings. The van der Waals surface area contributed by atoms with Gasteiger partial charge in [0, 0.05) is 17.5 Å². The van der Waals surface area contributed by atoms with Gasteiger partial charge in [-0.25, -0.2) is 0 Å². The zero-order chi connectivity index (χ0) is 10.7. The molecule has 1 aromatic carbocycles. The summed E-state index contributed by atoms with van der Waals surface area (Å²) < 4.78 is 5.62. The summed E-state index contributed by atoms with van der Waals surface area (Å²) in [6.45, 7) is 3.51. The molecular weight excluding hydrogens is 186 g/mol. The Bertz CT molecular complexity index is 380. The Morgan fingerprint density at radius 2 is 2.40 bits per heavy atom. The van der Waals surface area contributed by atoms with Crippen molar-refractivity contribution >= 4 is 0 Å². The first-order valence-electron chi connectivity index (χ1n) is 5.21. The predicted molar refractivity (Wildman–Crippen MR) is 61.0 cm³/mol. The Morgan fingerprint density at radius 3 is 3.20 bits per heavy atom. The molecule has 2 rings (SSSR count). The Labute approximate surface area is 90.6 Å². The third-order valence-electron chi connectivity index (χ3n) is 2.87. The van der Waals surface area contributed by atoms with Crippen LogP contribution in [-0.4, -0.2) is 19.2 Å². The van der Waals surface area contributed by atoms with E-state index >= 15 is 0 Å². The molecule has 0 radical (unpaired) electrons. The highest BCUT2D eigenvalue weighted by Gasteiger charge is 2.27. The summed E-state index contributed by atoms with van der Waals surface area (Å²) in [7, 11) is 0. The highest BCUT2D eigenvalue weighted by molar-refractivity contribution is 5.40. The lowest BCUT2D eigenvalue weighted by molar-refractivity contribution is 0.307. The van der Waals surface area contributed by atoms with Crippen molar-refractivity contribution in [2.24, 2.45) is 0 Å². The molecule has 1 aromatic rings. The summed E-state index contributed by atoms with van der Waals surface area (Å²) in [6.07, 6.45) is 5.23. The molecule has 2 heteroatoms. The SMILES string of the molecule is C#CCN[C@@H](C)[C@H]1COc2ccccc21. The molecule has 0 aliphatic carbocycles. The van der Waals surface area contributed by atoms with Crippen LogP contribution in [0.4, 0.5) is 0 Å². The summed E-state index contributed by atoms with van der Waals surface area (Å²) in [5, 5.41) is 3.30. The van der Waals surface area contributed by atoms with E-state index in [0.29, 0.717) is 18.5 Å². The van der Waals surface area contributed by atoms with Crippen molar-refractivity contribution in [3.63, 3.8) is 0 Å². The molecule has 1 N–H and O–H groups in total. The number of hydrogen-bond acceptors (Lipinski definition) is 2. The van der Waals surface area contributed by atoms with Gasteiger partial charge in [0.15, 0.2) is 0 Å². The number of ether oxygens (including phenoxy) is 1. The molecule has 2 nitrogen and oxygen atoms in total. The van der Waals surface area contributed by atoms with Gasteiger partial charge in [-0.3, -0.25) is 0 Å². The Morgan fingerprint density at radius 1 is 1.60 bits per heavy atom. The second-order valence-corrected chi connectivity index (χ2v) is 3.83. The molecule has 0 unspecified atom stereocenters. The van der Waals surface area contributed by atoms with Crippen molar-refractivity contribution in [1.29, 1.82) is 0 Å². The number of hydrogen-bond donors (Lipinski definition) is 1. The first kappa shape index (κ1) is 10.1. The lowest BCUT2D eigenvalue weighted by Gasteiger charge is -2.18. The number of fused-ring (bicyclic) bond motifs is 1. The summed E-state index contributed by atoms with van der Waals surface area (Å²) in [6, 6.07) is 8.55. The number of benzene rings is 1. The van der Waals surface area contributed by atoms with Gasteiger partial charge in [-0.2, -0.15) is 0 Å². The zero-order valence-corrected chi connectivity index (χ0v) is 8.86. The van der Waals surface area contributed by atoms with E-state index in [1.54, 1.807) is 0 Å². The van der Waals surface area contributed by atoms with Crippen LogP contribution in [0.1, 0.15) is 18.4 Å². The lowest BCUT2D eigenvalue weighted by Crippen LogP contribution is -2.33. The molecule has 15 heavy (non-hydrogen) atoms. The Balaban J connectivity index is 2.10. The Hall–Kier alpha value is -1.46. The van der Waals surface area contributed by atoms with Crippen molar-refractivity contribution in [3.05, 3.63) is 29.8 Å². The maximum Gasteiger partial charge on any atom is 0.122 e. The van der Waals surface area contributed by atoms with Crippen LogP contribution in [0.25, 0.3) is 0 Å². The van der Waals surface area contributed by atoms with Crippen LogP contribution >= 0.6 is 0 Å². The molecule has 0 bridgehead atoms. The standard InChI is InChI=1S/C13H15NO/c1-3-8-14-10(2)12-9-15-13-7-5-4-6-11(12)13/h1,4-7,10,12,14H,8-9H2,2H3/t10-,12+/m0/s1. The first-order valence-corrected chi connectivity index (χ1v) is 5.21. The molecule has 78 valence electrons. The van der Waals surface area contributed by atoms with Gasteiger partial charge in [0.05, 0.1) is 13.2 Å². The van der Waals surface area contributed by atoms with Crippen LogP contribution in [0, 0.1) is 12.3 Å². The fourth-order valence-corrected chi connectivity index (χ4v) is 1.96. The van der Waals surface area contributed by atoms with E-state index in [9.17, 15) is 0 Å². The molecule has 0 saturated carbocycles. The van der Waals surface area contributed by atoms with Crippen molar-refractivity contribution in [3.8, 4) is 18.1 Å². The van der Waals surface area contributed by atoms with Crippen LogP contribution in [0.5, 0.6) is 5.75 Å². The average molecular weight is 201 g/mol. The molecule has 0 spiro atoms. The second-order valence-electron chi connectivity index (χ2n) is 3.83. The molecule has 0 aromatic heterocycles. The third kappa shape index (κ3) is 1.98. The predicted octanol–water partition coefficient (Wildman–Crippen LogP) is 1.77.